The maximum atomic E-state index is 13.4. The van der Waals surface area contributed by atoms with E-state index in [1.807, 2.05) is 43.3 Å². The van der Waals surface area contributed by atoms with Crippen molar-refractivity contribution >= 4 is 70.1 Å². The van der Waals surface area contributed by atoms with Crippen molar-refractivity contribution in [1.82, 2.24) is 5.32 Å². The van der Waals surface area contributed by atoms with Crippen LogP contribution < -0.4 is 20.7 Å². The molecular formula is C35H33Cl2N3O4S. The van der Waals surface area contributed by atoms with Crippen LogP contribution in [0.15, 0.2) is 108 Å². The Morgan fingerprint density at radius 3 is 2.09 bits per heavy atom. The van der Waals surface area contributed by atoms with Gasteiger partial charge in [-0.15, -0.1) is 11.8 Å². The molecule has 4 aromatic rings. The molecule has 0 aromatic heterocycles. The number of benzene rings is 4. The lowest BCUT2D eigenvalue weighted by Gasteiger charge is -2.14. The van der Waals surface area contributed by atoms with Gasteiger partial charge >= 0.3 is 0 Å². The Hall–Kier alpha value is -4.24. The molecule has 0 saturated heterocycles. The molecule has 1 unspecified atom stereocenters. The van der Waals surface area contributed by atoms with Gasteiger partial charge in [0.05, 0.1) is 11.9 Å². The third-order valence-electron chi connectivity index (χ3n) is 6.50. The van der Waals surface area contributed by atoms with Crippen LogP contribution in [0.2, 0.25) is 10.0 Å². The molecule has 0 aliphatic heterocycles. The minimum atomic E-state index is -0.565. The highest BCUT2D eigenvalue weighted by Gasteiger charge is 2.18. The summed E-state index contributed by atoms with van der Waals surface area (Å²) in [6.45, 7) is 4.60. The second-order valence-corrected chi connectivity index (χ2v) is 12.2. The van der Waals surface area contributed by atoms with Gasteiger partial charge in [-0.25, -0.2) is 0 Å². The van der Waals surface area contributed by atoms with Crippen molar-refractivity contribution in [1.29, 1.82) is 0 Å². The second-order valence-electron chi connectivity index (χ2n) is 9.97. The van der Waals surface area contributed by atoms with E-state index in [-0.39, 0.29) is 16.9 Å². The van der Waals surface area contributed by atoms with Crippen LogP contribution in [0.5, 0.6) is 5.75 Å². The zero-order chi connectivity index (χ0) is 32.2. The van der Waals surface area contributed by atoms with Gasteiger partial charge in [0, 0.05) is 37.4 Å². The monoisotopic (exact) mass is 661 g/mol. The second kappa shape index (κ2) is 16.7. The van der Waals surface area contributed by atoms with Crippen LogP contribution in [0.4, 0.5) is 11.4 Å². The van der Waals surface area contributed by atoms with Gasteiger partial charge in [-0.2, -0.15) is 0 Å². The fraction of sp³-hybridized carbons (Fsp3) is 0.171. The number of thioether (sulfide) groups is 1. The topological polar surface area (TPSA) is 96.5 Å². The summed E-state index contributed by atoms with van der Waals surface area (Å²) < 4.78 is 5.68. The predicted molar refractivity (Wildman–Crippen MR) is 184 cm³/mol. The van der Waals surface area contributed by atoms with Crippen LogP contribution in [0.1, 0.15) is 42.6 Å². The fourth-order valence-corrected chi connectivity index (χ4v) is 5.39. The van der Waals surface area contributed by atoms with Crippen molar-refractivity contribution in [2.45, 2.75) is 36.8 Å². The summed E-state index contributed by atoms with van der Waals surface area (Å²) in [4.78, 5) is 39.9. The molecule has 7 nitrogen and oxygen atoms in total. The number of halogens is 2. The van der Waals surface area contributed by atoms with E-state index in [0.717, 1.165) is 23.5 Å². The van der Waals surface area contributed by atoms with Gasteiger partial charge in [0.15, 0.2) is 0 Å². The van der Waals surface area contributed by atoms with Crippen molar-refractivity contribution < 1.29 is 19.1 Å². The number of nitrogens with one attached hydrogen (secondary N) is 3. The fourth-order valence-electron chi connectivity index (χ4n) is 4.02. The van der Waals surface area contributed by atoms with Crippen LogP contribution in [-0.4, -0.2) is 29.6 Å². The Balaban J connectivity index is 1.39. The zero-order valence-electron chi connectivity index (χ0n) is 24.8. The van der Waals surface area contributed by atoms with Crippen LogP contribution in [0.3, 0.4) is 0 Å². The van der Waals surface area contributed by atoms with Crippen molar-refractivity contribution in [2.24, 2.45) is 0 Å². The molecule has 0 heterocycles. The largest absolute Gasteiger partial charge is 0.494 e. The SMILES string of the molecule is CCCCOc1ccc(NC(=O)C(C)Sc2ccc(NC(=O)/C(=C/c3c(Cl)cccc3Cl)NC(=O)c3ccccc3)cc2)cc1. The molecule has 4 rings (SSSR count). The number of hydrogen-bond acceptors (Lipinski definition) is 5. The number of carbonyl (C=O) groups is 3. The van der Waals surface area contributed by atoms with Crippen molar-refractivity contribution in [3.05, 3.63) is 124 Å². The molecule has 0 aliphatic carbocycles. The number of anilines is 2. The van der Waals surface area contributed by atoms with E-state index in [9.17, 15) is 14.4 Å². The molecule has 0 bridgehead atoms. The van der Waals surface area contributed by atoms with Crippen LogP contribution in [0, 0.1) is 0 Å². The van der Waals surface area contributed by atoms with E-state index < -0.39 is 11.8 Å². The van der Waals surface area contributed by atoms with E-state index in [0.29, 0.717) is 39.2 Å². The van der Waals surface area contributed by atoms with Crippen LogP contribution in [-0.2, 0) is 9.59 Å². The lowest BCUT2D eigenvalue weighted by molar-refractivity contribution is -0.115. The zero-order valence-corrected chi connectivity index (χ0v) is 27.1. The highest BCUT2D eigenvalue weighted by molar-refractivity contribution is 8.00. The molecule has 10 heteroatoms. The average Bonchev–Trinajstić information content (AvgIpc) is 3.04. The highest BCUT2D eigenvalue weighted by atomic mass is 35.5. The number of amides is 3. The molecule has 3 amide bonds. The van der Waals surface area contributed by atoms with Gasteiger partial charge in [0.25, 0.3) is 11.8 Å². The van der Waals surface area contributed by atoms with Crippen molar-refractivity contribution in [2.75, 3.05) is 17.2 Å². The first-order valence-electron chi connectivity index (χ1n) is 14.4. The Kier molecular flexibility index (Phi) is 12.5. The van der Waals surface area contributed by atoms with E-state index in [1.165, 1.54) is 17.8 Å². The minimum Gasteiger partial charge on any atom is -0.494 e. The Morgan fingerprint density at radius 2 is 1.44 bits per heavy atom. The molecule has 45 heavy (non-hydrogen) atoms. The first-order chi connectivity index (χ1) is 21.7. The molecule has 1 atom stereocenters. The lowest BCUT2D eigenvalue weighted by Crippen LogP contribution is -2.30. The summed E-state index contributed by atoms with van der Waals surface area (Å²) in [6, 6.07) is 27.9. The van der Waals surface area contributed by atoms with Gasteiger partial charge < -0.3 is 20.7 Å². The lowest BCUT2D eigenvalue weighted by atomic mass is 10.1. The van der Waals surface area contributed by atoms with Gasteiger partial charge in [-0.1, -0.05) is 60.8 Å². The standard InChI is InChI=1S/C35H33Cl2N3O4S/c1-3-4-21-44-27-17-13-25(14-18-27)38-33(41)23(2)45-28-19-15-26(16-20-28)39-35(43)32(22-29-30(36)11-8-12-31(29)37)40-34(42)24-9-6-5-7-10-24/h5-20,22-23H,3-4,21H2,1-2H3,(H,38,41)(H,39,43)(H,40,42)/b32-22-. The third kappa shape index (κ3) is 10.1. The smallest absolute Gasteiger partial charge is 0.272 e. The summed E-state index contributed by atoms with van der Waals surface area (Å²) in [5, 5.41) is 8.69. The minimum absolute atomic E-state index is 0.0387. The van der Waals surface area contributed by atoms with E-state index >= 15 is 0 Å². The molecule has 0 saturated carbocycles. The Morgan fingerprint density at radius 1 is 0.822 bits per heavy atom. The normalized spacial score (nSPS) is 11.8. The van der Waals surface area contributed by atoms with Crippen LogP contribution in [0.25, 0.3) is 6.08 Å². The van der Waals surface area contributed by atoms with Crippen molar-refractivity contribution in [3.63, 3.8) is 0 Å². The maximum Gasteiger partial charge on any atom is 0.272 e. The van der Waals surface area contributed by atoms with Gasteiger partial charge in [-0.05, 0) is 92.2 Å². The molecule has 0 spiro atoms. The molecule has 0 radical (unpaired) electrons. The van der Waals surface area contributed by atoms with E-state index in [1.54, 1.807) is 60.7 Å². The maximum absolute atomic E-state index is 13.4. The predicted octanol–water partition coefficient (Wildman–Crippen LogP) is 8.70. The molecule has 4 aromatic carbocycles. The van der Waals surface area contributed by atoms with Gasteiger partial charge in [0.2, 0.25) is 5.91 Å². The van der Waals surface area contributed by atoms with Crippen molar-refractivity contribution in [3.8, 4) is 5.75 Å². The first-order valence-corrected chi connectivity index (χ1v) is 16.0. The average molecular weight is 663 g/mol. The first kappa shape index (κ1) is 33.6. The van der Waals surface area contributed by atoms with E-state index in [2.05, 4.69) is 22.9 Å². The number of carbonyl (C=O) groups excluding carboxylic acids is 3. The molecule has 232 valence electrons. The molecule has 0 aliphatic rings. The molecular weight excluding hydrogens is 629 g/mol. The van der Waals surface area contributed by atoms with Crippen LogP contribution >= 0.6 is 35.0 Å². The number of rotatable bonds is 13. The Bertz CT molecular complexity index is 1630. The quantitative estimate of drug-likeness (QED) is 0.0756. The number of ether oxygens (including phenoxy) is 1. The van der Waals surface area contributed by atoms with Gasteiger partial charge in [-0.3, -0.25) is 14.4 Å². The number of hydrogen-bond donors (Lipinski definition) is 3. The Labute approximate surface area is 277 Å². The summed E-state index contributed by atoms with van der Waals surface area (Å²) in [7, 11) is 0. The summed E-state index contributed by atoms with van der Waals surface area (Å²) >= 11 is 14.1. The molecule has 0 fully saturated rings. The summed E-state index contributed by atoms with van der Waals surface area (Å²) in [6.07, 6.45) is 3.50. The van der Waals surface area contributed by atoms with Gasteiger partial charge in [0.1, 0.15) is 11.4 Å². The summed E-state index contributed by atoms with van der Waals surface area (Å²) in [5.41, 5.74) is 1.93. The third-order valence-corrected chi connectivity index (χ3v) is 8.27. The van der Waals surface area contributed by atoms with E-state index in [4.69, 9.17) is 27.9 Å². The number of unbranched alkanes of at least 4 members (excludes halogenated alkanes) is 1. The molecule has 3 N–H and O–H groups in total. The highest BCUT2D eigenvalue weighted by Crippen LogP contribution is 2.28. The summed E-state index contributed by atoms with van der Waals surface area (Å²) in [5.74, 6) is -0.398.